The van der Waals surface area contributed by atoms with Crippen LogP contribution in [-0.4, -0.2) is 53.2 Å². The summed E-state index contributed by atoms with van der Waals surface area (Å²) in [7, 11) is 1.86. The van der Waals surface area contributed by atoms with Gasteiger partial charge in [-0.05, 0) is 27.7 Å². The Hall–Kier alpha value is -1.17. The molecule has 0 radical (unpaired) electrons. The normalized spacial score (nSPS) is 20.1. The monoisotopic (exact) mass is 324 g/mol. The molecule has 1 aliphatic rings. The summed E-state index contributed by atoms with van der Waals surface area (Å²) in [6.07, 6.45) is 0. The summed E-state index contributed by atoms with van der Waals surface area (Å²) in [5.41, 5.74) is 2.19. The largest absolute Gasteiger partial charge is 0.361 e. The zero-order valence-electron chi connectivity index (χ0n) is 14.6. The van der Waals surface area contributed by atoms with Gasteiger partial charge in [0.25, 0.3) is 0 Å². The quantitative estimate of drug-likeness (QED) is 0.684. The molecule has 6 heteroatoms. The van der Waals surface area contributed by atoms with Gasteiger partial charge in [0.15, 0.2) is 5.96 Å². The van der Waals surface area contributed by atoms with Gasteiger partial charge in [-0.2, -0.15) is 11.8 Å². The second-order valence-corrected chi connectivity index (χ2v) is 8.40. The third kappa shape index (κ3) is 3.97. The highest BCUT2D eigenvalue weighted by Gasteiger charge is 2.29. The molecule has 0 saturated carbocycles. The predicted octanol–water partition coefficient (Wildman–Crippen LogP) is 2.80. The van der Waals surface area contributed by atoms with Crippen LogP contribution in [0.5, 0.6) is 0 Å². The topological polar surface area (TPSA) is 53.7 Å². The smallest absolute Gasteiger partial charge is 0.193 e. The van der Waals surface area contributed by atoms with Gasteiger partial charge in [0.2, 0.25) is 0 Å². The lowest BCUT2D eigenvalue weighted by molar-refractivity contribution is 0.374. The number of aryl methyl sites for hydroxylation is 2. The number of thioether (sulfide) groups is 1. The van der Waals surface area contributed by atoms with Crippen molar-refractivity contribution in [2.75, 3.05) is 32.4 Å². The molecule has 1 unspecified atom stereocenters. The molecule has 0 amide bonds. The van der Waals surface area contributed by atoms with E-state index in [1.807, 2.05) is 32.7 Å². The van der Waals surface area contributed by atoms with Gasteiger partial charge in [0.1, 0.15) is 5.76 Å². The number of nitrogens with zero attached hydrogens (tertiary/aromatic N) is 3. The van der Waals surface area contributed by atoms with Gasteiger partial charge in [-0.15, -0.1) is 0 Å². The van der Waals surface area contributed by atoms with Crippen LogP contribution in [0, 0.1) is 13.8 Å². The first kappa shape index (κ1) is 17.2. The van der Waals surface area contributed by atoms with Gasteiger partial charge < -0.3 is 14.7 Å². The van der Waals surface area contributed by atoms with E-state index >= 15 is 0 Å². The highest BCUT2D eigenvalue weighted by Crippen LogP contribution is 2.29. The maximum absolute atomic E-state index is 5.27. The Labute approximate surface area is 137 Å². The summed E-state index contributed by atoms with van der Waals surface area (Å²) in [6.45, 7) is 13.7. The molecule has 1 atom stereocenters. The summed E-state index contributed by atoms with van der Waals surface area (Å²) >= 11 is 2.03. The Bertz CT molecular complexity index is 519. The fraction of sp³-hybridized carbons (Fsp3) is 0.750. The minimum Gasteiger partial charge on any atom is -0.361 e. The molecule has 1 fully saturated rings. The van der Waals surface area contributed by atoms with Gasteiger partial charge in [-0.3, -0.25) is 4.99 Å². The lowest BCUT2D eigenvalue weighted by atomic mass is 10.00. The number of rotatable bonds is 3. The van der Waals surface area contributed by atoms with Crippen molar-refractivity contribution in [3.8, 4) is 0 Å². The molecule has 2 rings (SSSR count). The molecule has 0 bridgehead atoms. The Morgan fingerprint density at radius 2 is 2.23 bits per heavy atom. The van der Waals surface area contributed by atoms with Gasteiger partial charge in [-0.1, -0.05) is 12.1 Å². The van der Waals surface area contributed by atoms with Crippen molar-refractivity contribution < 1.29 is 4.52 Å². The van der Waals surface area contributed by atoms with Crippen molar-refractivity contribution in [1.29, 1.82) is 0 Å². The van der Waals surface area contributed by atoms with Crippen LogP contribution in [0.2, 0.25) is 0 Å². The number of aromatic nitrogens is 1. The van der Waals surface area contributed by atoms with E-state index in [4.69, 9.17) is 4.52 Å². The lowest BCUT2D eigenvalue weighted by Gasteiger charge is -2.39. The van der Waals surface area contributed by atoms with E-state index in [1.54, 1.807) is 0 Å². The van der Waals surface area contributed by atoms with Crippen LogP contribution >= 0.6 is 11.8 Å². The standard InChI is InChI=1S/C16H28N4OS/c1-11(14-12(2)19-21-13(14)3)9-18-15(17-6)20-7-8-22-16(4,5)10-20/h11H,7-10H2,1-6H3,(H,17,18). The molecule has 22 heavy (non-hydrogen) atoms. The SMILES string of the molecule is CN=C(NCC(C)c1c(C)noc1C)N1CCSC(C)(C)C1. The first-order valence-corrected chi connectivity index (χ1v) is 8.85. The summed E-state index contributed by atoms with van der Waals surface area (Å²) in [5, 5.41) is 7.56. The highest BCUT2D eigenvalue weighted by molar-refractivity contribution is 8.00. The van der Waals surface area contributed by atoms with Crippen LogP contribution in [0.25, 0.3) is 0 Å². The van der Waals surface area contributed by atoms with Crippen molar-refractivity contribution in [2.45, 2.75) is 45.3 Å². The molecule has 2 heterocycles. The van der Waals surface area contributed by atoms with Gasteiger partial charge in [0, 0.05) is 48.7 Å². The number of hydrogen-bond donors (Lipinski definition) is 1. The van der Waals surface area contributed by atoms with Gasteiger partial charge >= 0.3 is 0 Å². The fourth-order valence-corrected chi connectivity index (χ4v) is 4.18. The average molecular weight is 324 g/mol. The third-order valence-electron chi connectivity index (χ3n) is 4.08. The molecule has 0 aliphatic carbocycles. The Balaban J connectivity index is 1.97. The van der Waals surface area contributed by atoms with Crippen LogP contribution < -0.4 is 5.32 Å². The zero-order valence-corrected chi connectivity index (χ0v) is 15.4. The van der Waals surface area contributed by atoms with Crippen LogP contribution in [-0.2, 0) is 0 Å². The van der Waals surface area contributed by atoms with Crippen LogP contribution in [0.3, 0.4) is 0 Å². The fourth-order valence-electron chi connectivity index (χ4n) is 3.07. The molecule has 1 aromatic heterocycles. The van der Waals surface area contributed by atoms with Crippen LogP contribution in [0.15, 0.2) is 9.52 Å². The molecule has 0 spiro atoms. The molecule has 1 saturated heterocycles. The molecule has 1 N–H and O–H groups in total. The molecule has 0 aromatic carbocycles. The summed E-state index contributed by atoms with van der Waals surface area (Å²) in [6, 6.07) is 0. The summed E-state index contributed by atoms with van der Waals surface area (Å²) in [4.78, 5) is 6.82. The number of guanidine groups is 1. The van der Waals surface area contributed by atoms with E-state index < -0.39 is 0 Å². The van der Waals surface area contributed by atoms with Crippen molar-refractivity contribution in [3.05, 3.63) is 17.0 Å². The Morgan fingerprint density at radius 1 is 1.50 bits per heavy atom. The number of hydrogen-bond acceptors (Lipinski definition) is 4. The van der Waals surface area contributed by atoms with Gasteiger partial charge in [0.05, 0.1) is 5.69 Å². The highest BCUT2D eigenvalue weighted by atomic mass is 32.2. The summed E-state index contributed by atoms with van der Waals surface area (Å²) in [5.74, 6) is 3.40. The predicted molar refractivity (Wildman–Crippen MR) is 93.9 cm³/mol. The van der Waals surface area contributed by atoms with E-state index in [9.17, 15) is 0 Å². The molecular formula is C16H28N4OS. The van der Waals surface area contributed by atoms with E-state index in [1.165, 1.54) is 5.56 Å². The van der Waals surface area contributed by atoms with E-state index in [0.29, 0.717) is 5.92 Å². The zero-order chi connectivity index (χ0) is 16.3. The minimum atomic E-state index is 0.281. The molecular weight excluding hydrogens is 296 g/mol. The Morgan fingerprint density at radius 3 is 2.77 bits per heavy atom. The van der Waals surface area contributed by atoms with Crippen molar-refractivity contribution in [1.82, 2.24) is 15.4 Å². The third-order valence-corrected chi connectivity index (χ3v) is 5.38. The second kappa shape index (κ2) is 6.94. The first-order chi connectivity index (χ1) is 10.3. The first-order valence-electron chi connectivity index (χ1n) is 7.86. The van der Waals surface area contributed by atoms with Crippen molar-refractivity contribution in [2.24, 2.45) is 4.99 Å². The van der Waals surface area contributed by atoms with Gasteiger partial charge in [-0.25, -0.2) is 0 Å². The maximum atomic E-state index is 5.27. The molecule has 1 aromatic rings. The lowest BCUT2D eigenvalue weighted by Crippen LogP contribution is -2.51. The van der Waals surface area contributed by atoms with Crippen molar-refractivity contribution >= 4 is 17.7 Å². The maximum Gasteiger partial charge on any atom is 0.193 e. The average Bonchev–Trinajstić information content (AvgIpc) is 2.77. The number of nitrogens with one attached hydrogen (secondary N) is 1. The van der Waals surface area contributed by atoms with Crippen LogP contribution in [0.4, 0.5) is 0 Å². The number of aliphatic imine (C=N–C) groups is 1. The second-order valence-electron chi connectivity index (χ2n) is 6.60. The molecule has 124 valence electrons. The van der Waals surface area contributed by atoms with Crippen molar-refractivity contribution in [3.63, 3.8) is 0 Å². The van der Waals surface area contributed by atoms with E-state index in [2.05, 4.69) is 41.1 Å². The van der Waals surface area contributed by atoms with Crippen LogP contribution in [0.1, 0.15) is 43.7 Å². The molecule has 5 nitrogen and oxygen atoms in total. The summed E-state index contributed by atoms with van der Waals surface area (Å²) < 4.78 is 5.55. The Kier molecular flexibility index (Phi) is 5.42. The van der Waals surface area contributed by atoms with E-state index in [-0.39, 0.29) is 4.75 Å². The minimum absolute atomic E-state index is 0.281. The molecule has 1 aliphatic heterocycles. The van der Waals surface area contributed by atoms with E-state index in [0.717, 1.165) is 42.8 Å².